The molecule has 9 heteroatoms. The van der Waals surface area contributed by atoms with Crippen LogP contribution in [0.15, 0.2) is 71.6 Å². The van der Waals surface area contributed by atoms with Crippen LogP contribution in [0.4, 0.5) is 10.1 Å². The number of rotatable bonds is 7. The van der Waals surface area contributed by atoms with Crippen LogP contribution in [0.5, 0.6) is 5.75 Å². The molecule has 0 aliphatic rings. The van der Waals surface area contributed by atoms with E-state index in [4.69, 9.17) is 16.3 Å². The number of methoxy groups -OCH3 is 1. The third kappa shape index (κ3) is 5.28. The molecule has 0 aliphatic heterocycles. The molecular weight excluding hydrogens is 431 g/mol. The summed E-state index contributed by atoms with van der Waals surface area (Å²) in [5.74, 6) is -0.299. The Morgan fingerprint density at radius 1 is 1.07 bits per heavy atom. The zero-order chi connectivity index (χ0) is 21.7. The zero-order valence-corrected chi connectivity index (χ0v) is 17.4. The number of sulfonamides is 1. The maximum Gasteiger partial charge on any atom is 0.263 e. The van der Waals surface area contributed by atoms with Gasteiger partial charge in [0.2, 0.25) is 0 Å². The topological polar surface area (TPSA) is 84.5 Å². The maximum absolute atomic E-state index is 13.0. The highest BCUT2D eigenvalue weighted by atomic mass is 35.5. The van der Waals surface area contributed by atoms with Crippen LogP contribution in [-0.4, -0.2) is 21.4 Å². The van der Waals surface area contributed by atoms with Gasteiger partial charge in [0, 0.05) is 17.8 Å². The Kier molecular flexibility index (Phi) is 6.59. The fraction of sp³-hybridized carbons (Fsp3) is 0.0952. The number of halogens is 2. The van der Waals surface area contributed by atoms with E-state index in [1.807, 2.05) is 6.07 Å². The maximum atomic E-state index is 13.0. The molecule has 3 aromatic rings. The zero-order valence-electron chi connectivity index (χ0n) is 15.9. The van der Waals surface area contributed by atoms with Crippen molar-refractivity contribution in [3.05, 3.63) is 88.7 Å². The molecule has 30 heavy (non-hydrogen) atoms. The number of hydrogen-bond donors (Lipinski definition) is 2. The Morgan fingerprint density at radius 3 is 2.50 bits per heavy atom. The van der Waals surface area contributed by atoms with Gasteiger partial charge in [-0.3, -0.25) is 9.52 Å². The number of ether oxygens (including phenoxy) is 1. The van der Waals surface area contributed by atoms with Crippen molar-refractivity contribution in [3.8, 4) is 5.75 Å². The van der Waals surface area contributed by atoms with E-state index in [1.165, 1.54) is 30.3 Å². The van der Waals surface area contributed by atoms with E-state index >= 15 is 0 Å². The lowest BCUT2D eigenvalue weighted by Gasteiger charge is -2.12. The minimum absolute atomic E-state index is 0.0473. The molecule has 0 bridgehead atoms. The van der Waals surface area contributed by atoms with Crippen LogP contribution in [-0.2, 0) is 16.6 Å². The van der Waals surface area contributed by atoms with Gasteiger partial charge in [-0.25, -0.2) is 12.8 Å². The molecule has 3 aromatic carbocycles. The predicted octanol–water partition coefficient (Wildman–Crippen LogP) is 4.22. The van der Waals surface area contributed by atoms with E-state index < -0.39 is 21.7 Å². The first-order chi connectivity index (χ1) is 14.3. The van der Waals surface area contributed by atoms with Crippen LogP contribution in [0, 0.1) is 5.82 Å². The van der Waals surface area contributed by atoms with Crippen LogP contribution in [0.25, 0.3) is 0 Å². The summed E-state index contributed by atoms with van der Waals surface area (Å²) in [6.45, 7) is 0.231. The molecule has 0 heterocycles. The van der Waals surface area contributed by atoms with Crippen molar-refractivity contribution in [2.24, 2.45) is 0 Å². The summed E-state index contributed by atoms with van der Waals surface area (Å²) in [6, 6.07) is 16.0. The van der Waals surface area contributed by atoms with Crippen molar-refractivity contribution >= 4 is 33.2 Å². The van der Waals surface area contributed by atoms with E-state index in [0.29, 0.717) is 5.75 Å². The van der Waals surface area contributed by atoms with E-state index in [-0.39, 0.29) is 27.7 Å². The van der Waals surface area contributed by atoms with Gasteiger partial charge in [0.05, 0.1) is 12.1 Å². The number of nitrogens with one attached hydrogen (secondary N) is 2. The molecule has 0 saturated heterocycles. The lowest BCUT2D eigenvalue weighted by molar-refractivity contribution is 0.0950. The minimum atomic E-state index is -4.09. The van der Waals surface area contributed by atoms with Crippen molar-refractivity contribution in [1.29, 1.82) is 0 Å². The van der Waals surface area contributed by atoms with Gasteiger partial charge in [0.15, 0.2) is 0 Å². The Hall–Kier alpha value is -3.10. The molecule has 156 valence electrons. The van der Waals surface area contributed by atoms with Crippen LogP contribution in [0.2, 0.25) is 5.02 Å². The minimum Gasteiger partial charge on any atom is -0.497 e. The van der Waals surface area contributed by atoms with E-state index in [0.717, 1.165) is 17.7 Å². The highest BCUT2D eigenvalue weighted by Crippen LogP contribution is 2.25. The summed E-state index contributed by atoms with van der Waals surface area (Å²) in [5.41, 5.74) is 1.12. The Labute approximate surface area is 178 Å². The summed E-state index contributed by atoms with van der Waals surface area (Å²) >= 11 is 6.06. The Morgan fingerprint density at radius 2 is 1.80 bits per heavy atom. The molecule has 6 nitrogen and oxygen atoms in total. The van der Waals surface area contributed by atoms with Crippen molar-refractivity contribution in [2.45, 2.75) is 11.4 Å². The molecule has 0 radical (unpaired) electrons. The van der Waals surface area contributed by atoms with Crippen molar-refractivity contribution in [2.75, 3.05) is 11.8 Å². The number of carbonyl (C=O) groups is 1. The summed E-state index contributed by atoms with van der Waals surface area (Å²) in [7, 11) is -2.54. The predicted molar refractivity (Wildman–Crippen MR) is 113 cm³/mol. The van der Waals surface area contributed by atoms with Gasteiger partial charge >= 0.3 is 0 Å². The number of anilines is 1. The summed E-state index contributed by atoms with van der Waals surface area (Å²) in [5, 5.41) is 2.68. The van der Waals surface area contributed by atoms with Gasteiger partial charge < -0.3 is 10.1 Å². The molecule has 3 rings (SSSR count). The third-order valence-electron chi connectivity index (χ3n) is 4.17. The second-order valence-corrected chi connectivity index (χ2v) is 8.35. The van der Waals surface area contributed by atoms with Crippen LogP contribution >= 0.6 is 11.6 Å². The molecule has 2 N–H and O–H groups in total. The number of carbonyl (C=O) groups excluding carboxylic acids is 1. The molecule has 0 saturated carbocycles. The highest BCUT2D eigenvalue weighted by molar-refractivity contribution is 7.92. The van der Waals surface area contributed by atoms with Gasteiger partial charge in [-0.2, -0.15) is 0 Å². The molecule has 0 aromatic heterocycles. The molecule has 0 fully saturated rings. The van der Waals surface area contributed by atoms with Gasteiger partial charge in [-0.05, 0) is 60.2 Å². The lowest BCUT2D eigenvalue weighted by Crippen LogP contribution is -2.23. The molecule has 0 unspecified atom stereocenters. The monoisotopic (exact) mass is 448 g/mol. The lowest BCUT2D eigenvalue weighted by atomic mass is 10.2. The number of hydrogen-bond acceptors (Lipinski definition) is 4. The Bertz CT molecular complexity index is 1170. The van der Waals surface area contributed by atoms with Crippen LogP contribution < -0.4 is 14.8 Å². The SMILES string of the molecule is COc1cccc(CNC(=O)c2ccc(Cl)c(S(=O)(=O)Nc3ccc(F)cc3)c2)c1. The van der Waals surface area contributed by atoms with Gasteiger partial charge in [-0.15, -0.1) is 0 Å². The first-order valence-electron chi connectivity index (χ1n) is 8.77. The largest absolute Gasteiger partial charge is 0.497 e. The highest BCUT2D eigenvalue weighted by Gasteiger charge is 2.20. The molecule has 0 atom stereocenters. The molecule has 1 amide bonds. The summed E-state index contributed by atoms with van der Waals surface area (Å²) in [4.78, 5) is 12.3. The number of benzene rings is 3. The van der Waals surface area contributed by atoms with E-state index in [9.17, 15) is 17.6 Å². The van der Waals surface area contributed by atoms with Crippen molar-refractivity contribution < 1.29 is 22.3 Å². The standard InChI is InChI=1S/C21H18ClFN2O4S/c1-29-18-4-2-3-14(11-18)13-24-21(26)15-5-10-19(22)20(12-15)30(27,28)25-17-8-6-16(23)7-9-17/h2-12,25H,13H2,1H3,(H,24,26). The first-order valence-corrected chi connectivity index (χ1v) is 10.6. The summed E-state index contributed by atoms with van der Waals surface area (Å²) in [6.07, 6.45) is 0. The average Bonchev–Trinajstić information content (AvgIpc) is 2.74. The molecular formula is C21H18ClFN2O4S. The van der Waals surface area contributed by atoms with Crippen LogP contribution in [0.1, 0.15) is 15.9 Å². The third-order valence-corrected chi connectivity index (χ3v) is 6.03. The van der Waals surface area contributed by atoms with E-state index in [1.54, 1.807) is 25.3 Å². The van der Waals surface area contributed by atoms with Crippen LogP contribution in [0.3, 0.4) is 0 Å². The van der Waals surface area contributed by atoms with Crippen molar-refractivity contribution in [3.63, 3.8) is 0 Å². The van der Waals surface area contributed by atoms with E-state index in [2.05, 4.69) is 10.0 Å². The van der Waals surface area contributed by atoms with Gasteiger partial charge in [0.25, 0.3) is 15.9 Å². The first kappa shape index (κ1) is 21.6. The van der Waals surface area contributed by atoms with Crippen molar-refractivity contribution in [1.82, 2.24) is 5.32 Å². The Balaban J connectivity index is 1.78. The smallest absolute Gasteiger partial charge is 0.263 e. The van der Waals surface area contributed by atoms with Gasteiger partial charge in [-0.1, -0.05) is 23.7 Å². The average molecular weight is 449 g/mol. The normalized spacial score (nSPS) is 11.0. The molecule has 0 aliphatic carbocycles. The fourth-order valence-electron chi connectivity index (χ4n) is 2.65. The summed E-state index contributed by atoms with van der Waals surface area (Å²) < 4.78 is 45.9. The second-order valence-electron chi connectivity index (χ2n) is 6.29. The second kappa shape index (κ2) is 9.15. The molecule has 0 spiro atoms. The fourth-order valence-corrected chi connectivity index (χ4v) is 4.23. The van der Waals surface area contributed by atoms with Gasteiger partial charge in [0.1, 0.15) is 16.5 Å². The quantitative estimate of drug-likeness (QED) is 0.566. The number of amides is 1.